The molecule has 0 N–H and O–H groups in total. The lowest BCUT2D eigenvalue weighted by atomic mass is 9.33. The second kappa shape index (κ2) is 12.4. The average Bonchev–Trinajstić information content (AvgIpc) is 3.55. The number of thiophene rings is 1. The lowest BCUT2D eigenvalue weighted by molar-refractivity contribution is 0.332. The number of aryl methyl sites for hydroxylation is 2. The molecule has 3 aliphatic rings. The zero-order valence-electron chi connectivity index (χ0n) is 36.6. The van der Waals surface area contributed by atoms with Crippen LogP contribution in [0.5, 0.6) is 0 Å². The van der Waals surface area contributed by atoms with Crippen molar-refractivity contribution in [2.45, 2.75) is 118 Å². The number of rotatable bonds is 2. The third-order valence-corrected chi connectivity index (χ3v) is 15.3. The van der Waals surface area contributed by atoms with Crippen molar-refractivity contribution < 1.29 is 0 Å². The average molecular weight is 777 g/mol. The fourth-order valence-corrected chi connectivity index (χ4v) is 11.7. The maximum atomic E-state index is 2.69. The molecular formula is C54H57BN2S. The number of anilines is 6. The van der Waals surface area contributed by atoms with Crippen LogP contribution in [-0.4, -0.2) is 6.71 Å². The van der Waals surface area contributed by atoms with Crippen molar-refractivity contribution in [3.8, 4) is 0 Å². The summed E-state index contributed by atoms with van der Waals surface area (Å²) in [7, 11) is 0. The molecule has 2 aliphatic heterocycles. The van der Waals surface area contributed by atoms with E-state index in [1.54, 1.807) is 0 Å². The molecule has 1 aromatic heterocycles. The van der Waals surface area contributed by atoms with Crippen LogP contribution in [0.3, 0.4) is 0 Å². The number of hydrogen-bond donors (Lipinski definition) is 0. The topological polar surface area (TPSA) is 6.48 Å². The summed E-state index contributed by atoms with van der Waals surface area (Å²) >= 11 is 1.98. The molecule has 0 saturated heterocycles. The molecule has 0 amide bonds. The van der Waals surface area contributed by atoms with Crippen molar-refractivity contribution in [1.29, 1.82) is 0 Å². The Morgan fingerprint density at radius 2 is 1.10 bits per heavy atom. The van der Waals surface area contributed by atoms with Gasteiger partial charge in [-0.1, -0.05) is 130 Å². The Morgan fingerprint density at radius 1 is 0.517 bits per heavy atom. The summed E-state index contributed by atoms with van der Waals surface area (Å²) in [6, 6.07) is 40.6. The number of hydrogen-bond acceptors (Lipinski definition) is 3. The number of nitrogens with zero attached hydrogens (tertiary/aromatic N) is 2. The lowest BCUT2D eigenvalue weighted by Crippen LogP contribution is -2.62. The van der Waals surface area contributed by atoms with Gasteiger partial charge in [-0.05, 0) is 146 Å². The van der Waals surface area contributed by atoms with E-state index in [1.807, 2.05) is 11.3 Å². The molecule has 6 aromatic carbocycles. The zero-order valence-corrected chi connectivity index (χ0v) is 37.4. The van der Waals surface area contributed by atoms with Gasteiger partial charge in [0.25, 0.3) is 6.71 Å². The summed E-state index contributed by atoms with van der Waals surface area (Å²) in [4.78, 5) is 5.31. The van der Waals surface area contributed by atoms with E-state index in [0.29, 0.717) is 0 Å². The molecule has 0 atom stereocenters. The van der Waals surface area contributed by atoms with Crippen LogP contribution in [0.4, 0.5) is 34.1 Å². The first-order chi connectivity index (χ1) is 27.3. The van der Waals surface area contributed by atoms with Gasteiger partial charge in [0.2, 0.25) is 0 Å². The van der Waals surface area contributed by atoms with E-state index in [2.05, 4.69) is 196 Å². The minimum absolute atomic E-state index is 0.0533. The highest BCUT2D eigenvalue weighted by atomic mass is 32.1. The highest BCUT2D eigenvalue weighted by molar-refractivity contribution is 7.28. The van der Waals surface area contributed by atoms with Crippen molar-refractivity contribution in [1.82, 2.24) is 0 Å². The largest absolute Gasteiger partial charge is 0.311 e. The fraction of sp³-hybridized carbons (Fsp3) is 0.333. The van der Waals surface area contributed by atoms with Gasteiger partial charge >= 0.3 is 0 Å². The Kier molecular flexibility index (Phi) is 7.99. The van der Waals surface area contributed by atoms with Crippen molar-refractivity contribution >= 4 is 88.7 Å². The molecule has 58 heavy (non-hydrogen) atoms. The number of benzene rings is 6. The van der Waals surface area contributed by atoms with E-state index in [9.17, 15) is 0 Å². The van der Waals surface area contributed by atoms with Crippen LogP contribution in [0.2, 0.25) is 0 Å². The van der Waals surface area contributed by atoms with E-state index in [4.69, 9.17) is 0 Å². The third-order valence-electron chi connectivity index (χ3n) is 14.1. The summed E-state index contributed by atoms with van der Waals surface area (Å²) in [6.45, 7) is 28.7. The monoisotopic (exact) mass is 776 g/mol. The van der Waals surface area contributed by atoms with Gasteiger partial charge in [0, 0.05) is 48.9 Å². The first-order valence-electron chi connectivity index (χ1n) is 21.4. The van der Waals surface area contributed by atoms with E-state index in [-0.39, 0.29) is 28.4 Å². The second-order valence-corrected chi connectivity index (χ2v) is 22.1. The standard InChI is InChI=1S/C54H57BN2S/c1-32-17-13-15-19-41(32)56-43-24-22-37-36-18-14-16-20-47(36)58-50(37)49(43)55-40-30-38-39(54(11,12)26-25-53(38,9)10)31-44(40)57(42-23-21-34(27-33(42)2)51(3,4)5)46-29-35(52(6,7)8)28-45(56)48(46)55/h13-24,27-31H,25-26H2,1-12H3. The van der Waals surface area contributed by atoms with Gasteiger partial charge in [0.15, 0.2) is 0 Å². The smallest absolute Gasteiger partial charge is 0.254 e. The molecule has 4 heteroatoms. The Hall–Kier alpha value is -4.80. The SMILES string of the molecule is Cc1cc(C(C)(C)C)ccc1N1c2cc3c(cc2B2c4c1cc(C(C)(C)C)cc4N(c1ccccc1C)c1ccc4c(sc5ccccc54)c12)C(C)(C)CCC3(C)C. The molecule has 3 heterocycles. The summed E-state index contributed by atoms with van der Waals surface area (Å²) in [6.07, 6.45) is 2.36. The zero-order chi connectivity index (χ0) is 40.8. The van der Waals surface area contributed by atoms with Crippen LogP contribution in [0.15, 0.2) is 103 Å². The Morgan fingerprint density at radius 3 is 1.76 bits per heavy atom. The molecule has 7 aromatic rings. The third kappa shape index (κ3) is 5.43. The molecule has 10 rings (SSSR count). The quantitative estimate of drug-likeness (QED) is 0.161. The first-order valence-corrected chi connectivity index (χ1v) is 22.3. The fourth-order valence-electron chi connectivity index (χ4n) is 10.5. The molecular weight excluding hydrogens is 719 g/mol. The minimum Gasteiger partial charge on any atom is -0.311 e. The van der Waals surface area contributed by atoms with Gasteiger partial charge < -0.3 is 9.80 Å². The molecule has 0 unspecified atom stereocenters. The Balaban J connectivity index is 1.41. The van der Waals surface area contributed by atoms with Crippen LogP contribution < -0.4 is 26.2 Å². The molecule has 0 saturated carbocycles. The van der Waals surface area contributed by atoms with E-state index < -0.39 is 0 Å². The molecule has 0 bridgehead atoms. The van der Waals surface area contributed by atoms with Gasteiger partial charge in [-0.2, -0.15) is 0 Å². The predicted octanol–water partition coefficient (Wildman–Crippen LogP) is 13.7. The molecule has 0 fully saturated rings. The van der Waals surface area contributed by atoms with Crippen LogP contribution in [0.1, 0.15) is 115 Å². The van der Waals surface area contributed by atoms with Crippen LogP contribution in [0, 0.1) is 13.8 Å². The Labute approximate surface area is 351 Å². The van der Waals surface area contributed by atoms with Gasteiger partial charge in [-0.15, -0.1) is 11.3 Å². The van der Waals surface area contributed by atoms with Crippen molar-refractivity contribution in [3.63, 3.8) is 0 Å². The van der Waals surface area contributed by atoms with E-state index in [1.165, 1.54) is 117 Å². The van der Waals surface area contributed by atoms with Crippen LogP contribution >= 0.6 is 11.3 Å². The molecule has 0 radical (unpaired) electrons. The van der Waals surface area contributed by atoms with Crippen molar-refractivity contribution in [2.24, 2.45) is 0 Å². The maximum absolute atomic E-state index is 2.69. The summed E-state index contributed by atoms with van der Waals surface area (Å²) < 4.78 is 2.75. The summed E-state index contributed by atoms with van der Waals surface area (Å²) in [5.41, 5.74) is 20.5. The van der Waals surface area contributed by atoms with Crippen LogP contribution in [-0.2, 0) is 21.7 Å². The van der Waals surface area contributed by atoms with Crippen molar-refractivity contribution in [3.05, 3.63) is 137 Å². The number of fused-ring (bicyclic) bond motifs is 9. The summed E-state index contributed by atoms with van der Waals surface area (Å²) in [5, 5.41) is 2.71. The van der Waals surface area contributed by atoms with Gasteiger partial charge in [0.05, 0.1) is 0 Å². The molecule has 292 valence electrons. The Bertz CT molecular complexity index is 2860. The highest BCUT2D eigenvalue weighted by Gasteiger charge is 2.48. The van der Waals surface area contributed by atoms with Crippen LogP contribution in [0.25, 0.3) is 20.2 Å². The van der Waals surface area contributed by atoms with Gasteiger partial charge in [-0.3, -0.25) is 0 Å². The minimum atomic E-state index is -0.0763. The van der Waals surface area contributed by atoms with Gasteiger partial charge in [0.1, 0.15) is 0 Å². The summed E-state index contributed by atoms with van der Waals surface area (Å²) in [5.74, 6) is 0. The molecule has 2 nitrogen and oxygen atoms in total. The van der Waals surface area contributed by atoms with Crippen molar-refractivity contribution in [2.75, 3.05) is 9.80 Å². The van der Waals surface area contributed by atoms with E-state index >= 15 is 0 Å². The van der Waals surface area contributed by atoms with E-state index in [0.717, 1.165) is 0 Å². The predicted molar refractivity (Wildman–Crippen MR) is 256 cm³/mol. The lowest BCUT2D eigenvalue weighted by Gasteiger charge is -2.48. The number of para-hydroxylation sites is 1. The van der Waals surface area contributed by atoms with Gasteiger partial charge in [-0.25, -0.2) is 0 Å². The normalized spacial score (nSPS) is 16.7. The second-order valence-electron chi connectivity index (χ2n) is 21.0. The molecule has 1 aliphatic carbocycles. The first kappa shape index (κ1) is 37.5. The molecule has 0 spiro atoms. The highest BCUT2D eigenvalue weighted by Crippen LogP contribution is 2.52. The maximum Gasteiger partial charge on any atom is 0.254 e.